The lowest BCUT2D eigenvalue weighted by Gasteiger charge is -2.15. The molecule has 0 aliphatic carbocycles. The van der Waals surface area contributed by atoms with Gasteiger partial charge in [0.15, 0.2) is 0 Å². The van der Waals surface area contributed by atoms with Crippen molar-refractivity contribution in [2.24, 2.45) is 0 Å². The minimum absolute atomic E-state index is 0.274. The molecule has 0 fully saturated rings. The molecular formula is C15H21N3O2. The summed E-state index contributed by atoms with van der Waals surface area (Å²) in [4.78, 5) is 16.5. The molecule has 0 aliphatic rings. The fourth-order valence-corrected chi connectivity index (χ4v) is 2.41. The molecule has 5 heteroatoms. The summed E-state index contributed by atoms with van der Waals surface area (Å²) < 4.78 is 6.79. The van der Waals surface area contributed by atoms with Crippen LogP contribution in [0.4, 0.5) is 5.69 Å². The Morgan fingerprint density at radius 2 is 2.25 bits per heavy atom. The van der Waals surface area contributed by atoms with E-state index in [1.807, 2.05) is 29.7 Å². The SMILES string of the molecule is CCCCc1nc2c(N)cccc2n1C(C)C(=O)OC. The molecule has 0 amide bonds. The monoisotopic (exact) mass is 275 g/mol. The van der Waals surface area contributed by atoms with E-state index in [1.54, 1.807) is 0 Å². The van der Waals surface area contributed by atoms with Gasteiger partial charge in [0.2, 0.25) is 0 Å². The molecule has 1 aromatic heterocycles. The van der Waals surface area contributed by atoms with Crippen molar-refractivity contribution in [3.8, 4) is 0 Å². The van der Waals surface area contributed by atoms with Crippen LogP contribution in [-0.2, 0) is 16.0 Å². The summed E-state index contributed by atoms with van der Waals surface area (Å²) in [5.41, 5.74) is 8.26. The Morgan fingerprint density at radius 3 is 2.90 bits per heavy atom. The second-order valence-electron chi connectivity index (χ2n) is 4.92. The van der Waals surface area contributed by atoms with E-state index in [0.29, 0.717) is 5.69 Å². The molecule has 0 aliphatic heterocycles. The van der Waals surface area contributed by atoms with Crippen LogP contribution in [0.2, 0.25) is 0 Å². The first kappa shape index (κ1) is 14.4. The van der Waals surface area contributed by atoms with E-state index in [0.717, 1.165) is 36.1 Å². The maximum atomic E-state index is 11.9. The van der Waals surface area contributed by atoms with Crippen LogP contribution in [0, 0.1) is 0 Å². The molecule has 20 heavy (non-hydrogen) atoms. The summed E-state index contributed by atoms with van der Waals surface area (Å²) in [5, 5.41) is 0. The molecule has 2 aromatic rings. The highest BCUT2D eigenvalue weighted by Crippen LogP contribution is 2.26. The highest BCUT2D eigenvalue weighted by atomic mass is 16.5. The number of methoxy groups -OCH3 is 1. The number of aryl methyl sites for hydroxylation is 1. The van der Waals surface area contributed by atoms with Crippen LogP contribution in [0.3, 0.4) is 0 Å². The Labute approximate surface area is 118 Å². The number of anilines is 1. The summed E-state index contributed by atoms with van der Waals surface area (Å²) in [6.45, 7) is 3.96. The number of carbonyl (C=O) groups excluding carboxylic acids is 1. The number of benzene rings is 1. The van der Waals surface area contributed by atoms with Crippen molar-refractivity contribution in [3.05, 3.63) is 24.0 Å². The molecule has 0 bridgehead atoms. The normalized spacial score (nSPS) is 12.6. The highest BCUT2D eigenvalue weighted by Gasteiger charge is 2.22. The quantitative estimate of drug-likeness (QED) is 0.672. The first-order valence-electron chi connectivity index (χ1n) is 6.93. The molecule has 1 heterocycles. The van der Waals surface area contributed by atoms with Gasteiger partial charge in [0.05, 0.1) is 18.3 Å². The third kappa shape index (κ3) is 2.48. The van der Waals surface area contributed by atoms with Gasteiger partial charge in [-0.25, -0.2) is 9.78 Å². The molecule has 1 unspecified atom stereocenters. The summed E-state index contributed by atoms with van der Waals surface area (Å²) in [5.74, 6) is 0.613. The molecule has 0 saturated carbocycles. The predicted octanol–water partition coefficient (Wildman–Crippen LogP) is 2.70. The Balaban J connectivity index is 2.58. The number of ether oxygens (including phenoxy) is 1. The lowest BCUT2D eigenvalue weighted by Crippen LogP contribution is -2.19. The fourth-order valence-electron chi connectivity index (χ4n) is 2.41. The van der Waals surface area contributed by atoms with E-state index in [2.05, 4.69) is 11.9 Å². The summed E-state index contributed by atoms with van der Waals surface area (Å²) in [7, 11) is 1.40. The van der Waals surface area contributed by atoms with E-state index >= 15 is 0 Å². The Bertz CT molecular complexity index is 619. The second-order valence-corrected chi connectivity index (χ2v) is 4.92. The first-order chi connectivity index (χ1) is 9.60. The summed E-state index contributed by atoms with van der Waals surface area (Å²) in [6, 6.07) is 5.24. The Morgan fingerprint density at radius 1 is 1.50 bits per heavy atom. The maximum absolute atomic E-state index is 11.9. The van der Waals surface area contributed by atoms with Gasteiger partial charge in [0, 0.05) is 6.42 Å². The van der Waals surface area contributed by atoms with Crippen LogP contribution >= 0.6 is 0 Å². The van der Waals surface area contributed by atoms with Gasteiger partial charge in [-0.15, -0.1) is 0 Å². The van der Waals surface area contributed by atoms with Gasteiger partial charge >= 0.3 is 5.97 Å². The third-order valence-corrected chi connectivity index (χ3v) is 3.51. The summed E-state index contributed by atoms with van der Waals surface area (Å²) in [6.07, 6.45) is 2.92. The molecule has 1 aromatic carbocycles. The van der Waals surface area contributed by atoms with E-state index in [4.69, 9.17) is 10.5 Å². The van der Waals surface area contributed by atoms with E-state index in [9.17, 15) is 4.79 Å². The fraction of sp³-hybridized carbons (Fsp3) is 0.467. The molecule has 0 spiro atoms. The van der Waals surface area contributed by atoms with Crippen LogP contribution in [0.25, 0.3) is 11.0 Å². The first-order valence-corrected chi connectivity index (χ1v) is 6.93. The lowest BCUT2D eigenvalue weighted by molar-refractivity contribution is -0.143. The third-order valence-electron chi connectivity index (χ3n) is 3.51. The van der Waals surface area contributed by atoms with Crippen LogP contribution in [0.5, 0.6) is 0 Å². The number of esters is 1. The van der Waals surface area contributed by atoms with Crippen LogP contribution in [0.15, 0.2) is 18.2 Å². The molecule has 1 atom stereocenters. The van der Waals surface area contributed by atoms with Crippen molar-refractivity contribution >= 4 is 22.7 Å². The van der Waals surface area contributed by atoms with Gasteiger partial charge in [-0.1, -0.05) is 19.4 Å². The molecular weight excluding hydrogens is 254 g/mol. The topological polar surface area (TPSA) is 70.1 Å². The van der Waals surface area contributed by atoms with E-state index in [-0.39, 0.29) is 5.97 Å². The van der Waals surface area contributed by atoms with Crippen molar-refractivity contribution in [1.29, 1.82) is 0 Å². The van der Waals surface area contributed by atoms with E-state index in [1.165, 1.54) is 7.11 Å². The van der Waals surface area contributed by atoms with Crippen molar-refractivity contribution in [2.45, 2.75) is 39.2 Å². The van der Waals surface area contributed by atoms with E-state index < -0.39 is 6.04 Å². The van der Waals surface area contributed by atoms with Gasteiger partial charge in [-0.05, 0) is 25.5 Å². The number of hydrogen-bond donors (Lipinski definition) is 1. The van der Waals surface area contributed by atoms with Gasteiger partial charge in [0.25, 0.3) is 0 Å². The number of nitrogen functional groups attached to an aromatic ring is 1. The number of carbonyl (C=O) groups is 1. The smallest absolute Gasteiger partial charge is 0.328 e. The van der Waals surface area contributed by atoms with Crippen LogP contribution in [0.1, 0.15) is 38.6 Å². The Kier molecular flexibility index (Phi) is 4.27. The number of imidazole rings is 1. The van der Waals surface area contributed by atoms with Gasteiger partial charge < -0.3 is 15.0 Å². The molecule has 2 N–H and O–H groups in total. The maximum Gasteiger partial charge on any atom is 0.328 e. The molecule has 2 rings (SSSR count). The lowest BCUT2D eigenvalue weighted by atomic mass is 10.2. The zero-order valence-electron chi connectivity index (χ0n) is 12.2. The summed E-state index contributed by atoms with van der Waals surface area (Å²) >= 11 is 0. The minimum Gasteiger partial charge on any atom is -0.467 e. The number of hydrogen-bond acceptors (Lipinski definition) is 4. The van der Waals surface area contributed by atoms with Gasteiger partial charge in [0.1, 0.15) is 17.4 Å². The molecule has 5 nitrogen and oxygen atoms in total. The number of nitrogens with zero attached hydrogens (tertiary/aromatic N) is 2. The number of unbranched alkanes of at least 4 members (excludes halogenated alkanes) is 1. The number of para-hydroxylation sites is 1. The molecule has 0 saturated heterocycles. The van der Waals surface area contributed by atoms with Crippen molar-refractivity contribution in [3.63, 3.8) is 0 Å². The zero-order valence-corrected chi connectivity index (χ0v) is 12.2. The Hall–Kier alpha value is -2.04. The van der Waals surface area contributed by atoms with Crippen molar-refractivity contribution in [1.82, 2.24) is 9.55 Å². The standard InChI is InChI=1S/C15H21N3O2/c1-4-5-9-13-17-14-11(16)7-6-8-12(14)18(13)10(2)15(19)20-3/h6-8,10H,4-5,9,16H2,1-3H3. The molecule has 108 valence electrons. The van der Waals surface area contributed by atoms with Gasteiger partial charge in [-0.2, -0.15) is 0 Å². The zero-order chi connectivity index (χ0) is 14.7. The predicted molar refractivity (Wildman–Crippen MR) is 79.5 cm³/mol. The average molecular weight is 275 g/mol. The number of nitrogens with two attached hydrogens (primary N) is 1. The average Bonchev–Trinajstić information content (AvgIpc) is 2.83. The number of rotatable bonds is 5. The van der Waals surface area contributed by atoms with Crippen molar-refractivity contribution in [2.75, 3.05) is 12.8 Å². The highest BCUT2D eigenvalue weighted by molar-refractivity contribution is 5.89. The van der Waals surface area contributed by atoms with Gasteiger partial charge in [-0.3, -0.25) is 0 Å². The molecule has 0 radical (unpaired) electrons. The minimum atomic E-state index is -0.404. The van der Waals surface area contributed by atoms with Crippen molar-refractivity contribution < 1.29 is 9.53 Å². The van der Waals surface area contributed by atoms with Crippen LogP contribution < -0.4 is 5.73 Å². The largest absolute Gasteiger partial charge is 0.467 e. The second kappa shape index (κ2) is 5.94. The van der Waals surface area contributed by atoms with Crippen LogP contribution in [-0.4, -0.2) is 22.6 Å². The number of fused-ring (bicyclic) bond motifs is 1. The number of aromatic nitrogens is 2.